The molecule has 0 saturated carbocycles. The fourth-order valence-corrected chi connectivity index (χ4v) is 2.31. The minimum Gasteiger partial charge on any atom is -0.508 e. The van der Waals surface area contributed by atoms with Gasteiger partial charge in [0.25, 0.3) is 0 Å². The number of aromatic hydroxyl groups is 1. The zero-order valence-corrected chi connectivity index (χ0v) is 12.5. The molecule has 0 atom stereocenters. The third-order valence-electron chi connectivity index (χ3n) is 2.73. The summed E-state index contributed by atoms with van der Waals surface area (Å²) >= 11 is 1.38. The van der Waals surface area contributed by atoms with Crippen molar-refractivity contribution >= 4 is 28.5 Å². The lowest BCUT2D eigenvalue weighted by Gasteiger charge is -2.20. The predicted octanol–water partition coefficient (Wildman–Crippen LogP) is 3.17. The van der Waals surface area contributed by atoms with Gasteiger partial charge in [0.15, 0.2) is 0 Å². The van der Waals surface area contributed by atoms with Crippen LogP contribution in [0.15, 0.2) is 28.7 Å². The lowest BCUT2D eigenvalue weighted by molar-refractivity contribution is 0.446. The molecule has 0 aliphatic heterocycles. The van der Waals surface area contributed by atoms with Crippen molar-refractivity contribution in [3.8, 4) is 5.75 Å². The first-order valence-corrected chi connectivity index (χ1v) is 7.08. The number of aromatic nitrogens is 1. The molecule has 0 radical (unpaired) electrons. The molecule has 0 amide bonds. The molecular formula is C14H18N4OS. The number of benzene rings is 1. The molecule has 5 nitrogen and oxygen atoms in total. The van der Waals surface area contributed by atoms with Gasteiger partial charge in [0.1, 0.15) is 11.6 Å². The molecule has 0 saturated heterocycles. The van der Waals surface area contributed by atoms with Crippen molar-refractivity contribution in [2.45, 2.75) is 26.2 Å². The van der Waals surface area contributed by atoms with Gasteiger partial charge in [-0.15, -0.1) is 11.3 Å². The summed E-state index contributed by atoms with van der Waals surface area (Å²) in [6, 6.07) is 5.53. The standard InChI is InChI=1S/C14H18N4OS/c1-14(2,3)10-5-4-9(6-11(10)19)7-16-18-13-17-12(15)8-20-13/h4-8,19H,15H2,1-3H3,(H,17,18). The Labute approximate surface area is 122 Å². The number of anilines is 2. The minimum absolute atomic E-state index is 0.0869. The lowest BCUT2D eigenvalue weighted by atomic mass is 9.86. The number of hydrogen-bond acceptors (Lipinski definition) is 6. The summed E-state index contributed by atoms with van der Waals surface area (Å²) < 4.78 is 0. The van der Waals surface area contributed by atoms with E-state index in [0.717, 1.165) is 11.1 Å². The van der Waals surface area contributed by atoms with E-state index in [-0.39, 0.29) is 11.2 Å². The van der Waals surface area contributed by atoms with Crippen LogP contribution in [-0.2, 0) is 5.41 Å². The maximum Gasteiger partial charge on any atom is 0.205 e. The minimum atomic E-state index is -0.0869. The number of nitrogens with two attached hydrogens (primary N) is 1. The van der Waals surface area contributed by atoms with Gasteiger partial charge in [0, 0.05) is 5.38 Å². The maximum absolute atomic E-state index is 10.0. The second-order valence-electron chi connectivity index (χ2n) is 5.47. The fraction of sp³-hybridized carbons (Fsp3) is 0.286. The van der Waals surface area contributed by atoms with Gasteiger partial charge in [-0.1, -0.05) is 32.9 Å². The van der Waals surface area contributed by atoms with Gasteiger partial charge in [0.2, 0.25) is 5.13 Å². The average Bonchev–Trinajstić information content (AvgIpc) is 2.73. The molecule has 6 heteroatoms. The molecule has 0 unspecified atom stereocenters. The predicted molar refractivity (Wildman–Crippen MR) is 84.5 cm³/mol. The van der Waals surface area contributed by atoms with E-state index in [4.69, 9.17) is 5.73 Å². The van der Waals surface area contributed by atoms with Crippen molar-refractivity contribution in [2.75, 3.05) is 11.2 Å². The molecule has 1 aromatic carbocycles. The quantitative estimate of drug-likeness (QED) is 0.599. The largest absolute Gasteiger partial charge is 0.508 e. The van der Waals surface area contributed by atoms with Crippen LogP contribution in [0, 0.1) is 0 Å². The van der Waals surface area contributed by atoms with Gasteiger partial charge >= 0.3 is 0 Å². The summed E-state index contributed by atoms with van der Waals surface area (Å²) in [7, 11) is 0. The number of nitrogens with one attached hydrogen (secondary N) is 1. The fourth-order valence-electron chi connectivity index (χ4n) is 1.76. The molecule has 0 aliphatic carbocycles. The monoisotopic (exact) mass is 290 g/mol. The van der Waals surface area contributed by atoms with Gasteiger partial charge in [0.05, 0.1) is 6.21 Å². The molecule has 0 fully saturated rings. The summed E-state index contributed by atoms with van der Waals surface area (Å²) in [5, 5.41) is 16.5. The van der Waals surface area contributed by atoms with Crippen molar-refractivity contribution in [3.05, 3.63) is 34.7 Å². The second kappa shape index (κ2) is 5.50. The van der Waals surface area contributed by atoms with E-state index in [1.54, 1.807) is 17.7 Å². The molecule has 0 bridgehead atoms. The van der Waals surface area contributed by atoms with E-state index in [1.807, 2.05) is 12.1 Å². The highest BCUT2D eigenvalue weighted by atomic mass is 32.1. The van der Waals surface area contributed by atoms with Crippen LogP contribution in [0.25, 0.3) is 0 Å². The zero-order valence-electron chi connectivity index (χ0n) is 11.7. The van der Waals surface area contributed by atoms with Crippen LogP contribution in [0.2, 0.25) is 0 Å². The Morgan fingerprint density at radius 1 is 1.40 bits per heavy atom. The summed E-state index contributed by atoms with van der Waals surface area (Å²) in [5.74, 6) is 0.750. The molecule has 0 aliphatic rings. The number of nitrogens with zero attached hydrogens (tertiary/aromatic N) is 2. The Hall–Kier alpha value is -2.08. The van der Waals surface area contributed by atoms with E-state index in [1.165, 1.54) is 11.3 Å². The van der Waals surface area contributed by atoms with Crippen molar-refractivity contribution in [1.82, 2.24) is 4.98 Å². The van der Waals surface area contributed by atoms with Gasteiger partial charge in [-0.25, -0.2) is 4.98 Å². The number of hydrogen-bond donors (Lipinski definition) is 3. The van der Waals surface area contributed by atoms with Crippen LogP contribution in [0.1, 0.15) is 31.9 Å². The van der Waals surface area contributed by atoms with Crippen LogP contribution < -0.4 is 11.2 Å². The summed E-state index contributed by atoms with van der Waals surface area (Å²) in [6.45, 7) is 6.18. The van der Waals surface area contributed by atoms with Crippen LogP contribution >= 0.6 is 11.3 Å². The van der Waals surface area contributed by atoms with Crippen LogP contribution in [0.4, 0.5) is 10.9 Å². The van der Waals surface area contributed by atoms with Gasteiger partial charge in [-0.05, 0) is 22.6 Å². The van der Waals surface area contributed by atoms with E-state index in [0.29, 0.717) is 10.9 Å². The third kappa shape index (κ3) is 3.48. The van der Waals surface area contributed by atoms with E-state index < -0.39 is 0 Å². The molecule has 106 valence electrons. The van der Waals surface area contributed by atoms with E-state index in [2.05, 4.69) is 36.3 Å². The number of rotatable bonds is 3. The number of nitrogen functional groups attached to an aromatic ring is 1. The molecule has 0 spiro atoms. The molecule has 2 aromatic rings. The topological polar surface area (TPSA) is 83.5 Å². The SMILES string of the molecule is CC(C)(C)c1ccc(C=NNc2nc(N)cs2)cc1O. The van der Waals surface area contributed by atoms with Crippen LogP contribution in [-0.4, -0.2) is 16.3 Å². The Balaban J connectivity index is 2.09. The third-order valence-corrected chi connectivity index (χ3v) is 3.49. The number of thiazole rings is 1. The van der Waals surface area contributed by atoms with E-state index in [9.17, 15) is 5.11 Å². The highest BCUT2D eigenvalue weighted by molar-refractivity contribution is 7.14. The van der Waals surface area contributed by atoms with Gasteiger partial charge < -0.3 is 10.8 Å². The number of phenols is 1. The van der Waals surface area contributed by atoms with Crippen LogP contribution in [0.3, 0.4) is 0 Å². The molecule has 20 heavy (non-hydrogen) atoms. The first-order valence-electron chi connectivity index (χ1n) is 6.20. The normalized spacial score (nSPS) is 11.9. The van der Waals surface area contributed by atoms with Crippen LogP contribution in [0.5, 0.6) is 5.75 Å². The zero-order chi connectivity index (χ0) is 14.8. The Kier molecular flexibility index (Phi) is 3.94. The highest BCUT2D eigenvalue weighted by Gasteiger charge is 2.17. The molecule has 4 N–H and O–H groups in total. The first kappa shape index (κ1) is 14.3. The Morgan fingerprint density at radius 3 is 2.70 bits per heavy atom. The summed E-state index contributed by atoms with van der Waals surface area (Å²) in [6.07, 6.45) is 1.63. The molecule has 1 heterocycles. The highest BCUT2D eigenvalue weighted by Crippen LogP contribution is 2.30. The van der Waals surface area contributed by atoms with Crippen molar-refractivity contribution in [2.24, 2.45) is 5.10 Å². The molecular weight excluding hydrogens is 272 g/mol. The Bertz CT molecular complexity index is 628. The number of hydrazone groups is 1. The first-order chi connectivity index (χ1) is 9.36. The summed E-state index contributed by atoms with van der Waals surface area (Å²) in [5.41, 5.74) is 9.94. The van der Waals surface area contributed by atoms with Crippen molar-refractivity contribution in [1.29, 1.82) is 0 Å². The average molecular weight is 290 g/mol. The van der Waals surface area contributed by atoms with Crippen molar-refractivity contribution in [3.63, 3.8) is 0 Å². The Morgan fingerprint density at radius 2 is 2.15 bits per heavy atom. The van der Waals surface area contributed by atoms with Gasteiger partial charge in [-0.2, -0.15) is 5.10 Å². The number of phenolic OH excluding ortho intramolecular Hbond substituents is 1. The van der Waals surface area contributed by atoms with Crippen molar-refractivity contribution < 1.29 is 5.11 Å². The maximum atomic E-state index is 10.0. The van der Waals surface area contributed by atoms with E-state index >= 15 is 0 Å². The molecule has 2 rings (SSSR count). The van der Waals surface area contributed by atoms with Gasteiger partial charge in [-0.3, -0.25) is 5.43 Å². The lowest BCUT2D eigenvalue weighted by Crippen LogP contribution is -2.11. The second-order valence-corrected chi connectivity index (χ2v) is 6.33. The molecule has 1 aromatic heterocycles. The summed E-state index contributed by atoms with van der Waals surface area (Å²) in [4.78, 5) is 4.03. The smallest absolute Gasteiger partial charge is 0.205 e.